The Morgan fingerprint density at radius 2 is 0.762 bits per heavy atom. The third kappa shape index (κ3) is 11.0. The first kappa shape index (κ1) is 20.7. The van der Waals surface area contributed by atoms with Gasteiger partial charge in [0.25, 0.3) is 0 Å². The van der Waals surface area contributed by atoms with Gasteiger partial charge in [0.15, 0.2) is 0 Å². The summed E-state index contributed by atoms with van der Waals surface area (Å²) in [5.41, 5.74) is -0.630. The minimum Gasteiger partial charge on any atom is -0.394 e. The van der Waals surface area contributed by atoms with Gasteiger partial charge in [-0.05, 0) is 0 Å². The summed E-state index contributed by atoms with van der Waals surface area (Å²) in [5.74, 6) is 0. The van der Waals surface area contributed by atoms with E-state index >= 15 is 0 Å². The van der Waals surface area contributed by atoms with Gasteiger partial charge in [0.2, 0.25) is 0 Å². The van der Waals surface area contributed by atoms with Crippen molar-refractivity contribution in [2.45, 2.75) is 0 Å². The van der Waals surface area contributed by atoms with Crippen molar-refractivity contribution in [2.75, 3.05) is 79.3 Å². The summed E-state index contributed by atoms with van der Waals surface area (Å²) in [4.78, 5) is 0. The van der Waals surface area contributed by atoms with Gasteiger partial charge in [0.1, 0.15) is 0 Å². The molecule has 21 heavy (non-hydrogen) atoms. The highest BCUT2D eigenvalue weighted by Crippen LogP contribution is 2.20. The second-order valence-corrected chi connectivity index (χ2v) is 4.60. The predicted molar refractivity (Wildman–Crippen MR) is 82.5 cm³/mol. The van der Waals surface area contributed by atoms with Crippen LogP contribution in [0.3, 0.4) is 0 Å². The lowest BCUT2D eigenvalue weighted by Gasteiger charge is -2.32. The van der Waals surface area contributed by atoms with E-state index in [9.17, 15) is 0 Å². The fourth-order valence-corrected chi connectivity index (χ4v) is 1.66. The molecule has 0 aliphatic carbocycles. The molecule has 0 heterocycles. The lowest BCUT2D eigenvalue weighted by atomic mass is 9.92. The number of ether oxygens (including phenoxy) is 4. The Balaban J connectivity index is -0.000000333. The fourth-order valence-electron chi connectivity index (χ4n) is 1.66. The Labute approximate surface area is 131 Å². The van der Waals surface area contributed by atoms with Crippen molar-refractivity contribution in [1.82, 2.24) is 0 Å². The molecule has 0 radical (unpaired) electrons. The first-order chi connectivity index (χ1) is 10.2. The Bertz CT molecular complexity index is 185. The minimum atomic E-state index is -0.630. The molecule has 0 saturated heterocycles. The van der Waals surface area contributed by atoms with E-state index in [0.29, 0.717) is 0 Å². The molecule has 0 bridgehead atoms. The second-order valence-electron chi connectivity index (χ2n) is 4.60. The van der Waals surface area contributed by atoms with Crippen molar-refractivity contribution in [3.05, 3.63) is 0 Å². The third-order valence-electron chi connectivity index (χ3n) is 2.58. The molecule has 0 saturated carbocycles. The summed E-state index contributed by atoms with van der Waals surface area (Å²) < 4.78 is 21.5. The van der Waals surface area contributed by atoms with Gasteiger partial charge < -0.3 is 39.4 Å². The zero-order chi connectivity index (χ0) is 15.8. The quantitative estimate of drug-likeness (QED) is 0.267. The van der Waals surface area contributed by atoms with Crippen LogP contribution in [0.1, 0.15) is 5.71 Å². The summed E-state index contributed by atoms with van der Waals surface area (Å²) in [5, 5.41) is 35.2. The van der Waals surface area contributed by atoms with E-state index in [1.165, 1.54) is 0 Å². The summed E-state index contributed by atoms with van der Waals surface area (Å²) in [6.45, 7) is 1.28. The van der Waals surface area contributed by atoms with E-state index in [-0.39, 0.29) is 85.0 Å². The summed E-state index contributed by atoms with van der Waals surface area (Å²) in [6.07, 6.45) is 0. The Morgan fingerprint density at radius 3 is 0.952 bits per heavy atom. The lowest BCUT2D eigenvalue weighted by Crippen LogP contribution is -2.42. The molecule has 0 aromatic carbocycles. The summed E-state index contributed by atoms with van der Waals surface area (Å²) >= 11 is 0. The second kappa shape index (κ2) is 14.6. The van der Waals surface area contributed by atoms with Crippen LogP contribution < -0.4 is 0 Å². The van der Waals surface area contributed by atoms with Crippen LogP contribution in [0.2, 0.25) is 0 Å². The van der Waals surface area contributed by atoms with Gasteiger partial charge in [-0.1, -0.05) is 0 Å². The van der Waals surface area contributed by atoms with Crippen LogP contribution >= 0.6 is 0 Å². The smallest absolute Gasteiger partial charge is 0.0698 e. The number of rotatable bonds is 16. The number of hydrogen-bond acceptors (Lipinski definition) is 8. The van der Waals surface area contributed by atoms with Gasteiger partial charge in [-0.3, -0.25) is 0 Å². The first-order valence-electron chi connectivity index (χ1n) is 6.99. The minimum absolute atomic E-state index is 0. The third-order valence-corrected chi connectivity index (χ3v) is 2.58. The van der Waals surface area contributed by atoms with E-state index in [0.717, 1.165) is 0 Å². The van der Waals surface area contributed by atoms with Crippen molar-refractivity contribution >= 4 is 0 Å². The molecule has 136 valence electrons. The molecule has 0 fully saturated rings. The SMILES string of the molecule is OCCOCC(COCCO)(COCCO)COCCO.[HH].[HH].[HH].[HH]. The zero-order valence-corrected chi connectivity index (χ0v) is 12.4. The van der Waals surface area contributed by atoms with Crippen molar-refractivity contribution in [1.29, 1.82) is 0 Å². The van der Waals surface area contributed by atoms with Gasteiger partial charge in [-0.15, -0.1) is 0 Å². The molecule has 8 heteroatoms. The van der Waals surface area contributed by atoms with Crippen LogP contribution in [-0.4, -0.2) is 99.7 Å². The summed E-state index contributed by atoms with van der Waals surface area (Å²) in [7, 11) is 0. The Hall–Kier alpha value is -0.320. The molecule has 0 aromatic heterocycles. The average Bonchev–Trinajstić information content (AvgIpc) is 2.48. The van der Waals surface area contributed by atoms with Crippen LogP contribution in [0.15, 0.2) is 0 Å². The van der Waals surface area contributed by atoms with Gasteiger partial charge in [0.05, 0.1) is 84.7 Å². The van der Waals surface area contributed by atoms with Crippen molar-refractivity contribution in [3.63, 3.8) is 0 Å². The topological polar surface area (TPSA) is 118 Å². The molecule has 0 spiro atoms. The summed E-state index contributed by atoms with van der Waals surface area (Å²) in [6, 6.07) is 0. The Kier molecular flexibility index (Phi) is 14.4. The molecule has 0 aliphatic rings. The average molecular weight is 320 g/mol. The van der Waals surface area contributed by atoms with E-state index in [1.54, 1.807) is 0 Å². The van der Waals surface area contributed by atoms with E-state index in [1.807, 2.05) is 0 Å². The fraction of sp³-hybridized carbons (Fsp3) is 1.00. The van der Waals surface area contributed by atoms with Crippen LogP contribution in [0.4, 0.5) is 0 Å². The van der Waals surface area contributed by atoms with Crippen LogP contribution in [0.5, 0.6) is 0 Å². The highest BCUT2D eigenvalue weighted by molar-refractivity contribution is 4.79. The van der Waals surface area contributed by atoms with Crippen molar-refractivity contribution in [3.8, 4) is 0 Å². The normalized spacial score (nSPS) is 12.0. The van der Waals surface area contributed by atoms with Gasteiger partial charge in [-0.25, -0.2) is 0 Å². The van der Waals surface area contributed by atoms with E-state index < -0.39 is 5.41 Å². The van der Waals surface area contributed by atoms with Gasteiger partial charge >= 0.3 is 0 Å². The highest BCUT2D eigenvalue weighted by atomic mass is 16.5. The van der Waals surface area contributed by atoms with Crippen LogP contribution in [-0.2, 0) is 18.9 Å². The molecule has 0 aromatic rings. The molecule has 0 rings (SSSR count). The maximum absolute atomic E-state index is 8.79. The zero-order valence-electron chi connectivity index (χ0n) is 12.4. The van der Waals surface area contributed by atoms with Crippen LogP contribution in [0.25, 0.3) is 0 Å². The predicted octanol–water partition coefficient (Wildman–Crippen LogP) is -1.01. The van der Waals surface area contributed by atoms with E-state index in [2.05, 4.69) is 0 Å². The molecular weight excluding hydrogens is 284 g/mol. The molecule has 4 N–H and O–H groups in total. The van der Waals surface area contributed by atoms with Gasteiger partial charge in [-0.2, -0.15) is 0 Å². The maximum Gasteiger partial charge on any atom is 0.0698 e. The van der Waals surface area contributed by atoms with E-state index in [4.69, 9.17) is 39.4 Å². The monoisotopic (exact) mass is 320 g/mol. The van der Waals surface area contributed by atoms with Gasteiger partial charge in [0, 0.05) is 5.71 Å². The number of hydrogen-bond donors (Lipinski definition) is 4. The highest BCUT2D eigenvalue weighted by Gasteiger charge is 2.32. The lowest BCUT2D eigenvalue weighted by molar-refractivity contribution is -0.115. The van der Waals surface area contributed by atoms with Crippen LogP contribution in [0, 0.1) is 5.41 Å². The molecule has 0 amide bonds. The van der Waals surface area contributed by atoms with Crippen molar-refractivity contribution in [2.24, 2.45) is 5.41 Å². The Morgan fingerprint density at radius 1 is 0.524 bits per heavy atom. The number of aliphatic hydroxyl groups excluding tert-OH is 4. The standard InChI is InChI=1S/C13H28O8.4H2/c14-1-5-18-9-13(10-19-6-2-15,11-20-7-3-16)12-21-8-4-17;;;;/h14-17H,1-12H2;4*1H. The number of aliphatic hydroxyl groups is 4. The maximum atomic E-state index is 8.79. The molecule has 0 unspecified atom stereocenters. The first-order valence-corrected chi connectivity index (χ1v) is 6.99. The molecule has 0 aliphatic heterocycles. The largest absolute Gasteiger partial charge is 0.394 e. The van der Waals surface area contributed by atoms with Crippen molar-refractivity contribution < 1.29 is 45.1 Å². The molecule has 0 atom stereocenters. The molecular formula is C13H36O8. The molecule has 8 nitrogen and oxygen atoms in total.